The van der Waals surface area contributed by atoms with Crippen LogP contribution in [0.25, 0.3) is 11.1 Å². The Hall–Kier alpha value is -3.32. The number of halogens is 2. The van der Waals surface area contributed by atoms with Gasteiger partial charge in [0.25, 0.3) is 5.91 Å². The van der Waals surface area contributed by atoms with Crippen LogP contribution in [-0.2, 0) is 6.54 Å². The molecule has 0 atom stereocenters. The number of pyridine rings is 1. The summed E-state index contributed by atoms with van der Waals surface area (Å²) in [6.45, 7) is 2.48. The van der Waals surface area contributed by atoms with Crippen LogP contribution < -0.4 is 10.1 Å². The van der Waals surface area contributed by atoms with E-state index in [4.69, 9.17) is 20.8 Å². The predicted octanol–water partition coefficient (Wildman–Crippen LogP) is 5.12. The van der Waals surface area contributed by atoms with Crippen LogP contribution in [0, 0.1) is 5.82 Å². The molecule has 1 aromatic carbocycles. The van der Waals surface area contributed by atoms with Crippen molar-refractivity contribution in [1.82, 2.24) is 9.55 Å². The van der Waals surface area contributed by atoms with Crippen LogP contribution in [0.15, 0.2) is 59.3 Å². The molecular formula is C21H17ClFN3O3. The third kappa shape index (κ3) is 3.95. The SMILES string of the molecule is CCOc1ncc(NC(=O)c2cc3occc3n2Cc2ccc(Cl)cc2)cc1F. The fourth-order valence-corrected chi connectivity index (χ4v) is 3.17. The van der Waals surface area contributed by atoms with Gasteiger partial charge >= 0.3 is 0 Å². The van der Waals surface area contributed by atoms with Crippen molar-refractivity contribution in [3.63, 3.8) is 0 Å². The van der Waals surface area contributed by atoms with Gasteiger partial charge in [0.1, 0.15) is 5.69 Å². The van der Waals surface area contributed by atoms with Crippen LogP contribution in [0.5, 0.6) is 5.88 Å². The molecule has 0 bridgehead atoms. The van der Waals surface area contributed by atoms with Crippen molar-refractivity contribution in [2.75, 3.05) is 11.9 Å². The fraction of sp³-hybridized carbons (Fsp3) is 0.143. The lowest BCUT2D eigenvalue weighted by molar-refractivity contribution is 0.101. The minimum absolute atomic E-state index is 0.103. The zero-order valence-corrected chi connectivity index (χ0v) is 16.2. The van der Waals surface area contributed by atoms with Gasteiger partial charge in [-0.25, -0.2) is 9.37 Å². The molecule has 1 N–H and O–H groups in total. The maximum absolute atomic E-state index is 14.0. The maximum atomic E-state index is 14.0. The molecule has 4 rings (SSSR count). The summed E-state index contributed by atoms with van der Waals surface area (Å²) in [4.78, 5) is 16.8. The predicted molar refractivity (Wildman–Crippen MR) is 108 cm³/mol. The first-order valence-electron chi connectivity index (χ1n) is 8.96. The minimum Gasteiger partial charge on any atom is -0.476 e. The van der Waals surface area contributed by atoms with E-state index in [9.17, 15) is 9.18 Å². The van der Waals surface area contributed by atoms with Crippen LogP contribution in [0.2, 0.25) is 5.02 Å². The summed E-state index contributed by atoms with van der Waals surface area (Å²) in [6.07, 6.45) is 2.92. The topological polar surface area (TPSA) is 69.3 Å². The second kappa shape index (κ2) is 7.97. The number of aromatic nitrogens is 2. The molecule has 6 nitrogen and oxygen atoms in total. The Morgan fingerprint density at radius 2 is 2.07 bits per heavy atom. The lowest BCUT2D eigenvalue weighted by Gasteiger charge is -2.11. The van der Waals surface area contributed by atoms with Crippen molar-refractivity contribution >= 4 is 34.3 Å². The highest BCUT2D eigenvalue weighted by molar-refractivity contribution is 6.30. The van der Waals surface area contributed by atoms with E-state index in [0.717, 1.165) is 11.1 Å². The van der Waals surface area contributed by atoms with Crippen molar-refractivity contribution < 1.29 is 18.3 Å². The van der Waals surface area contributed by atoms with Crippen LogP contribution in [-0.4, -0.2) is 22.1 Å². The highest BCUT2D eigenvalue weighted by atomic mass is 35.5. The molecule has 0 fully saturated rings. The molecule has 3 aromatic heterocycles. The Bertz CT molecular complexity index is 1170. The number of benzene rings is 1. The maximum Gasteiger partial charge on any atom is 0.272 e. The smallest absolute Gasteiger partial charge is 0.272 e. The number of fused-ring (bicyclic) bond motifs is 1. The summed E-state index contributed by atoms with van der Waals surface area (Å²) in [6, 6.07) is 12.0. The van der Waals surface area contributed by atoms with Crippen LogP contribution in [0.1, 0.15) is 23.0 Å². The number of amides is 1. The van der Waals surface area contributed by atoms with Crippen molar-refractivity contribution in [2.45, 2.75) is 13.5 Å². The molecule has 1 amide bonds. The lowest BCUT2D eigenvalue weighted by atomic mass is 10.2. The molecule has 0 aliphatic heterocycles. The zero-order chi connectivity index (χ0) is 20.4. The van der Waals surface area contributed by atoms with Gasteiger partial charge in [-0.2, -0.15) is 0 Å². The van der Waals surface area contributed by atoms with E-state index in [0.29, 0.717) is 29.5 Å². The molecule has 0 aliphatic carbocycles. The van der Waals surface area contributed by atoms with Crippen LogP contribution in [0.3, 0.4) is 0 Å². The first kappa shape index (κ1) is 19.0. The Morgan fingerprint density at radius 3 is 2.79 bits per heavy atom. The molecule has 0 unspecified atom stereocenters. The van der Waals surface area contributed by atoms with Gasteiger partial charge in [-0.3, -0.25) is 4.79 Å². The Kier molecular flexibility index (Phi) is 5.22. The Morgan fingerprint density at radius 1 is 1.28 bits per heavy atom. The summed E-state index contributed by atoms with van der Waals surface area (Å²) in [5, 5.41) is 3.31. The number of nitrogens with one attached hydrogen (secondary N) is 1. The number of nitrogens with zero attached hydrogens (tertiary/aromatic N) is 2. The van der Waals surface area contributed by atoms with Gasteiger partial charge in [-0.1, -0.05) is 23.7 Å². The average Bonchev–Trinajstić information content (AvgIpc) is 3.28. The van der Waals surface area contributed by atoms with E-state index < -0.39 is 11.7 Å². The van der Waals surface area contributed by atoms with Crippen LogP contribution in [0.4, 0.5) is 10.1 Å². The third-order valence-electron chi connectivity index (χ3n) is 4.36. The van der Waals surface area contributed by atoms with E-state index >= 15 is 0 Å². The summed E-state index contributed by atoms with van der Waals surface area (Å²) in [7, 11) is 0. The normalized spacial score (nSPS) is 11.0. The number of anilines is 1. The van der Waals surface area contributed by atoms with E-state index in [2.05, 4.69) is 10.3 Å². The number of carbonyl (C=O) groups is 1. The van der Waals surface area contributed by atoms with Crippen molar-refractivity contribution in [1.29, 1.82) is 0 Å². The quantitative estimate of drug-likeness (QED) is 0.476. The van der Waals surface area contributed by atoms with E-state index in [1.165, 1.54) is 12.3 Å². The number of hydrogen-bond donors (Lipinski definition) is 1. The summed E-state index contributed by atoms with van der Waals surface area (Å²) < 4.78 is 26.4. The number of carbonyl (C=O) groups excluding carboxylic acids is 1. The van der Waals surface area contributed by atoms with Gasteiger partial charge in [0.05, 0.1) is 30.3 Å². The van der Waals surface area contributed by atoms with Crippen molar-refractivity contribution in [2.24, 2.45) is 0 Å². The van der Waals surface area contributed by atoms with Gasteiger partial charge in [0.2, 0.25) is 5.88 Å². The fourth-order valence-electron chi connectivity index (χ4n) is 3.04. The summed E-state index contributed by atoms with van der Waals surface area (Å²) in [5.74, 6) is -1.15. The number of rotatable bonds is 6. The average molecular weight is 414 g/mol. The molecule has 0 radical (unpaired) electrons. The molecule has 148 valence electrons. The highest BCUT2D eigenvalue weighted by Crippen LogP contribution is 2.24. The second-order valence-electron chi connectivity index (χ2n) is 6.31. The lowest BCUT2D eigenvalue weighted by Crippen LogP contribution is -2.18. The van der Waals surface area contributed by atoms with Gasteiger partial charge < -0.3 is 19.0 Å². The Labute approximate surface area is 170 Å². The number of furan rings is 1. The van der Waals surface area contributed by atoms with E-state index in [-0.39, 0.29) is 11.6 Å². The molecule has 3 heterocycles. The van der Waals surface area contributed by atoms with Gasteiger partial charge in [-0.05, 0) is 24.6 Å². The second-order valence-corrected chi connectivity index (χ2v) is 6.75. The molecule has 8 heteroatoms. The zero-order valence-electron chi connectivity index (χ0n) is 15.5. The molecule has 4 aromatic rings. The third-order valence-corrected chi connectivity index (χ3v) is 4.61. The molecule has 0 spiro atoms. The van der Waals surface area contributed by atoms with Crippen molar-refractivity contribution in [3.8, 4) is 5.88 Å². The molecule has 0 saturated carbocycles. The Balaban J connectivity index is 1.63. The highest BCUT2D eigenvalue weighted by Gasteiger charge is 2.19. The van der Waals surface area contributed by atoms with Gasteiger partial charge in [0.15, 0.2) is 11.4 Å². The molecule has 0 saturated heterocycles. The molecular weight excluding hydrogens is 397 g/mol. The van der Waals surface area contributed by atoms with Gasteiger partial charge in [0, 0.05) is 29.8 Å². The molecule has 0 aliphatic rings. The summed E-state index contributed by atoms with van der Waals surface area (Å²) >= 11 is 5.96. The standard InChI is InChI=1S/C21H17ClFN3O3/c1-2-28-21-16(23)9-15(11-24-21)25-20(27)18-10-19-17(7-8-29-19)26(18)12-13-3-5-14(22)6-4-13/h3-11H,2,12H2,1H3,(H,25,27). The first-order chi connectivity index (χ1) is 14.0. The molecule has 29 heavy (non-hydrogen) atoms. The minimum atomic E-state index is -0.644. The first-order valence-corrected chi connectivity index (χ1v) is 9.34. The van der Waals surface area contributed by atoms with E-state index in [1.807, 2.05) is 16.7 Å². The van der Waals surface area contributed by atoms with E-state index in [1.54, 1.807) is 37.5 Å². The number of hydrogen-bond acceptors (Lipinski definition) is 4. The largest absolute Gasteiger partial charge is 0.476 e. The monoisotopic (exact) mass is 413 g/mol. The van der Waals surface area contributed by atoms with Gasteiger partial charge in [-0.15, -0.1) is 0 Å². The van der Waals surface area contributed by atoms with Crippen molar-refractivity contribution in [3.05, 3.63) is 77.0 Å². The summed E-state index contributed by atoms with van der Waals surface area (Å²) in [5.41, 5.74) is 2.94. The van der Waals surface area contributed by atoms with Crippen LogP contribution >= 0.6 is 11.6 Å². The number of ether oxygens (including phenoxy) is 1.